The maximum atomic E-state index is 13.4. The first kappa shape index (κ1) is 19.4. The SMILES string of the molecule is COc1ccc(C(=O)CNC(=O)c2ccncn2)nc1-c1ccc(F)c(Cl)c1. The van der Waals surface area contributed by atoms with Crippen molar-refractivity contribution in [1.82, 2.24) is 20.3 Å². The van der Waals surface area contributed by atoms with Crippen LogP contribution in [0.1, 0.15) is 21.0 Å². The smallest absolute Gasteiger partial charge is 0.270 e. The van der Waals surface area contributed by atoms with Gasteiger partial charge in [0.25, 0.3) is 5.91 Å². The molecular formula is C19H14ClFN4O3. The Balaban J connectivity index is 1.81. The zero-order chi connectivity index (χ0) is 20.1. The van der Waals surface area contributed by atoms with Gasteiger partial charge in [-0.25, -0.2) is 19.3 Å². The Morgan fingerprint density at radius 2 is 2.00 bits per heavy atom. The molecule has 142 valence electrons. The standard InChI is InChI=1S/C19H14ClFN4O3/c1-28-17-5-4-14(25-18(17)11-2-3-13(21)12(20)8-11)16(26)9-23-19(27)15-6-7-22-10-24-15/h2-8,10H,9H2,1H3,(H,23,27). The van der Waals surface area contributed by atoms with Crippen LogP contribution in [0.5, 0.6) is 5.75 Å². The van der Waals surface area contributed by atoms with Gasteiger partial charge in [-0.3, -0.25) is 9.59 Å². The lowest BCUT2D eigenvalue weighted by Crippen LogP contribution is -2.30. The molecule has 3 rings (SSSR count). The highest BCUT2D eigenvalue weighted by molar-refractivity contribution is 6.31. The molecule has 0 bridgehead atoms. The molecule has 0 unspecified atom stereocenters. The van der Waals surface area contributed by atoms with E-state index < -0.39 is 17.5 Å². The van der Waals surface area contributed by atoms with E-state index in [0.717, 1.165) is 0 Å². The number of nitrogens with one attached hydrogen (secondary N) is 1. The number of benzene rings is 1. The number of hydrogen-bond acceptors (Lipinski definition) is 6. The second kappa shape index (κ2) is 8.53. The first-order valence-corrected chi connectivity index (χ1v) is 8.45. The van der Waals surface area contributed by atoms with Gasteiger partial charge in [-0.2, -0.15) is 0 Å². The molecule has 2 aromatic heterocycles. The summed E-state index contributed by atoms with van der Waals surface area (Å²) in [7, 11) is 1.45. The molecular weight excluding hydrogens is 387 g/mol. The molecule has 0 fully saturated rings. The van der Waals surface area contributed by atoms with Gasteiger partial charge in [0.15, 0.2) is 5.78 Å². The molecule has 9 heteroatoms. The first-order chi connectivity index (χ1) is 13.5. The summed E-state index contributed by atoms with van der Waals surface area (Å²) in [6.45, 7) is -0.272. The minimum atomic E-state index is -0.566. The Bertz CT molecular complexity index is 1030. The number of carbonyl (C=O) groups excluding carboxylic acids is 2. The van der Waals surface area contributed by atoms with Crippen molar-refractivity contribution in [2.24, 2.45) is 0 Å². The van der Waals surface area contributed by atoms with Gasteiger partial charge in [0.2, 0.25) is 0 Å². The second-order valence-electron chi connectivity index (χ2n) is 5.58. The van der Waals surface area contributed by atoms with Crippen molar-refractivity contribution in [3.63, 3.8) is 0 Å². The number of hydrogen-bond donors (Lipinski definition) is 1. The Labute approximate surface area is 164 Å². The normalized spacial score (nSPS) is 10.4. The molecule has 0 aliphatic rings. The zero-order valence-electron chi connectivity index (χ0n) is 14.6. The fraction of sp³-hybridized carbons (Fsp3) is 0.105. The Morgan fingerprint density at radius 1 is 1.18 bits per heavy atom. The molecule has 0 atom stereocenters. The van der Waals surface area contributed by atoms with Gasteiger partial charge in [0.1, 0.15) is 35.0 Å². The minimum absolute atomic E-state index is 0.0739. The van der Waals surface area contributed by atoms with Crippen molar-refractivity contribution < 1.29 is 18.7 Å². The number of ketones is 1. The molecule has 0 aliphatic heterocycles. The predicted molar refractivity (Wildman–Crippen MR) is 99.9 cm³/mol. The maximum absolute atomic E-state index is 13.4. The summed E-state index contributed by atoms with van der Waals surface area (Å²) in [6, 6.07) is 8.56. The van der Waals surface area contributed by atoms with Gasteiger partial charge in [-0.15, -0.1) is 0 Å². The monoisotopic (exact) mass is 400 g/mol. The number of amides is 1. The average Bonchev–Trinajstić information content (AvgIpc) is 2.73. The highest BCUT2D eigenvalue weighted by Crippen LogP contribution is 2.30. The number of halogens is 2. The molecule has 3 aromatic rings. The van der Waals surface area contributed by atoms with Gasteiger partial charge in [-0.05, 0) is 36.4 Å². The van der Waals surface area contributed by atoms with E-state index in [1.807, 2.05) is 0 Å². The highest BCUT2D eigenvalue weighted by Gasteiger charge is 2.16. The van der Waals surface area contributed by atoms with Crippen LogP contribution >= 0.6 is 11.6 Å². The molecule has 1 N–H and O–H groups in total. The third kappa shape index (κ3) is 4.29. The van der Waals surface area contributed by atoms with Crippen LogP contribution in [0.3, 0.4) is 0 Å². The third-order valence-electron chi connectivity index (χ3n) is 3.78. The number of Topliss-reactive ketones (excluding diaryl/α,β-unsaturated/α-hetero) is 1. The number of aromatic nitrogens is 3. The van der Waals surface area contributed by atoms with Crippen LogP contribution in [0.15, 0.2) is 48.9 Å². The molecule has 0 saturated carbocycles. The quantitative estimate of drug-likeness (QED) is 0.639. The largest absolute Gasteiger partial charge is 0.494 e. The van der Waals surface area contributed by atoms with Crippen LogP contribution in [-0.4, -0.2) is 40.3 Å². The molecule has 1 amide bonds. The van der Waals surface area contributed by atoms with Gasteiger partial charge in [-0.1, -0.05) is 11.6 Å². The van der Waals surface area contributed by atoms with Crippen molar-refractivity contribution in [3.05, 3.63) is 71.2 Å². The fourth-order valence-corrected chi connectivity index (χ4v) is 2.56. The fourth-order valence-electron chi connectivity index (χ4n) is 2.38. The number of nitrogens with zero attached hydrogens (tertiary/aromatic N) is 3. The maximum Gasteiger partial charge on any atom is 0.270 e. The van der Waals surface area contributed by atoms with Gasteiger partial charge in [0.05, 0.1) is 18.7 Å². The number of ether oxygens (including phenoxy) is 1. The van der Waals surface area contributed by atoms with Crippen LogP contribution in [-0.2, 0) is 0 Å². The van der Waals surface area contributed by atoms with Gasteiger partial charge in [0, 0.05) is 11.8 Å². The number of pyridine rings is 1. The Hall–Kier alpha value is -3.39. The molecule has 0 aliphatic carbocycles. The summed E-state index contributed by atoms with van der Waals surface area (Å²) in [6.07, 6.45) is 2.66. The van der Waals surface area contributed by atoms with Crippen molar-refractivity contribution in [2.45, 2.75) is 0 Å². The van der Waals surface area contributed by atoms with Crippen LogP contribution in [0.25, 0.3) is 11.3 Å². The van der Waals surface area contributed by atoms with E-state index >= 15 is 0 Å². The molecule has 0 saturated heterocycles. The summed E-state index contributed by atoms with van der Waals surface area (Å²) in [5, 5.41) is 2.41. The Kier molecular flexibility index (Phi) is 5.90. The minimum Gasteiger partial charge on any atom is -0.494 e. The van der Waals surface area contributed by atoms with E-state index in [9.17, 15) is 14.0 Å². The van der Waals surface area contributed by atoms with Crippen LogP contribution in [0.4, 0.5) is 4.39 Å². The summed E-state index contributed by atoms with van der Waals surface area (Å²) >= 11 is 5.84. The summed E-state index contributed by atoms with van der Waals surface area (Å²) in [5.41, 5.74) is 1.08. The molecule has 0 radical (unpaired) electrons. The lowest BCUT2D eigenvalue weighted by Gasteiger charge is -2.10. The topological polar surface area (TPSA) is 94.1 Å². The van der Waals surface area contributed by atoms with E-state index in [2.05, 4.69) is 20.3 Å². The van der Waals surface area contributed by atoms with Crippen LogP contribution < -0.4 is 10.1 Å². The summed E-state index contributed by atoms with van der Waals surface area (Å²) in [4.78, 5) is 36.3. The molecule has 28 heavy (non-hydrogen) atoms. The van der Waals surface area contributed by atoms with Gasteiger partial charge >= 0.3 is 0 Å². The zero-order valence-corrected chi connectivity index (χ0v) is 15.4. The van der Waals surface area contributed by atoms with Crippen LogP contribution in [0, 0.1) is 5.82 Å². The van der Waals surface area contributed by atoms with Crippen LogP contribution in [0.2, 0.25) is 5.02 Å². The molecule has 7 nitrogen and oxygen atoms in total. The number of carbonyl (C=O) groups is 2. The lowest BCUT2D eigenvalue weighted by atomic mass is 10.1. The highest BCUT2D eigenvalue weighted by atomic mass is 35.5. The van der Waals surface area contributed by atoms with E-state index in [-0.39, 0.29) is 23.0 Å². The van der Waals surface area contributed by atoms with Crippen molar-refractivity contribution in [3.8, 4) is 17.0 Å². The average molecular weight is 401 g/mol. The van der Waals surface area contributed by atoms with E-state index in [1.165, 1.54) is 50.0 Å². The summed E-state index contributed by atoms with van der Waals surface area (Å²) in [5.74, 6) is -1.09. The van der Waals surface area contributed by atoms with E-state index in [1.54, 1.807) is 6.07 Å². The number of methoxy groups -OCH3 is 1. The first-order valence-electron chi connectivity index (χ1n) is 8.07. The second-order valence-corrected chi connectivity index (χ2v) is 5.98. The van der Waals surface area contributed by atoms with Crippen molar-refractivity contribution in [1.29, 1.82) is 0 Å². The van der Waals surface area contributed by atoms with Crippen molar-refractivity contribution in [2.75, 3.05) is 13.7 Å². The molecule has 2 heterocycles. The van der Waals surface area contributed by atoms with E-state index in [0.29, 0.717) is 17.0 Å². The molecule has 0 spiro atoms. The summed E-state index contributed by atoms with van der Waals surface area (Å²) < 4.78 is 18.7. The number of rotatable bonds is 6. The van der Waals surface area contributed by atoms with Gasteiger partial charge < -0.3 is 10.1 Å². The van der Waals surface area contributed by atoms with Crippen molar-refractivity contribution >= 4 is 23.3 Å². The molecule has 1 aromatic carbocycles. The lowest BCUT2D eigenvalue weighted by molar-refractivity contribution is 0.0899. The Morgan fingerprint density at radius 3 is 2.68 bits per heavy atom. The predicted octanol–water partition coefficient (Wildman–Crippen LogP) is 2.95. The van der Waals surface area contributed by atoms with E-state index in [4.69, 9.17) is 16.3 Å². The third-order valence-corrected chi connectivity index (χ3v) is 4.07.